The summed E-state index contributed by atoms with van der Waals surface area (Å²) in [5.41, 5.74) is 2.88. The lowest BCUT2D eigenvalue weighted by Gasteiger charge is -2.21. The lowest BCUT2D eigenvalue weighted by Crippen LogP contribution is -2.27. The summed E-state index contributed by atoms with van der Waals surface area (Å²) < 4.78 is 8.20. The van der Waals surface area contributed by atoms with E-state index in [-0.39, 0.29) is 6.09 Å². The van der Waals surface area contributed by atoms with E-state index in [1.54, 1.807) is 10.8 Å². The second kappa shape index (κ2) is 6.06. The Morgan fingerprint density at radius 3 is 2.58 bits per heavy atom. The number of aromatic nitrogens is 2. The SMILES string of the molecule is Cc1cc(-c2cc3cc(Br)ccc3n2C(=O)OC(C)(C)C)ccn1. The van der Waals surface area contributed by atoms with E-state index in [4.69, 9.17) is 4.74 Å². The Kier molecular flexibility index (Phi) is 4.22. The van der Waals surface area contributed by atoms with Crippen LogP contribution in [-0.2, 0) is 4.74 Å². The molecule has 0 atom stereocenters. The van der Waals surface area contributed by atoms with E-state index in [1.807, 2.05) is 64.1 Å². The highest BCUT2D eigenvalue weighted by molar-refractivity contribution is 9.10. The molecule has 0 bridgehead atoms. The van der Waals surface area contributed by atoms with Crippen molar-refractivity contribution in [3.05, 3.63) is 52.8 Å². The monoisotopic (exact) mass is 386 g/mol. The fourth-order valence-electron chi connectivity index (χ4n) is 2.61. The molecule has 124 valence electrons. The topological polar surface area (TPSA) is 44.1 Å². The van der Waals surface area contributed by atoms with Crippen molar-refractivity contribution in [3.63, 3.8) is 0 Å². The number of rotatable bonds is 1. The summed E-state index contributed by atoms with van der Waals surface area (Å²) in [4.78, 5) is 17.0. The lowest BCUT2D eigenvalue weighted by molar-refractivity contribution is 0.0547. The summed E-state index contributed by atoms with van der Waals surface area (Å²) in [6, 6.07) is 11.7. The third-order valence-electron chi connectivity index (χ3n) is 3.53. The standard InChI is InChI=1S/C19H19BrN2O2/c1-12-9-13(7-8-21-12)17-11-14-10-15(20)5-6-16(14)22(17)18(23)24-19(2,3)4/h5-11H,1-4H3. The zero-order chi connectivity index (χ0) is 17.5. The minimum Gasteiger partial charge on any atom is -0.443 e. The van der Waals surface area contributed by atoms with Gasteiger partial charge < -0.3 is 4.74 Å². The van der Waals surface area contributed by atoms with Gasteiger partial charge in [0.1, 0.15) is 5.60 Å². The number of hydrogen-bond acceptors (Lipinski definition) is 3. The number of nitrogens with zero attached hydrogens (tertiary/aromatic N) is 2. The van der Waals surface area contributed by atoms with Crippen LogP contribution in [0.2, 0.25) is 0 Å². The highest BCUT2D eigenvalue weighted by Gasteiger charge is 2.23. The second-order valence-corrected chi connectivity index (χ2v) is 7.65. The van der Waals surface area contributed by atoms with Gasteiger partial charge in [-0.1, -0.05) is 15.9 Å². The highest BCUT2D eigenvalue weighted by atomic mass is 79.9. The van der Waals surface area contributed by atoms with Crippen LogP contribution in [0.1, 0.15) is 26.5 Å². The van der Waals surface area contributed by atoms with Gasteiger partial charge in [0.15, 0.2) is 0 Å². The Morgan fingerprint density at radius 2 is 1.92 bits per heavy atom. The van der Waals surface area contributed by atoms with E-state index in [0.29, 0.717) is 0 Å². The largest absolute Gasteiger partial charge is 0.443 e. The van der Waals surface area contributed by atoms with Crippen molar-refractivity contribution in [3.8, 4) is 11.3 Å². The van der Waals surface area contributed by atoms with E-state index in [9.17, 15) is 4.79 Å². The molecule has 0 spiro atoms. The lowest BCUT2D eigenvalue weighted by atomic mass is 10.1. The van der Waals surface area contributed by atoms with Crippen LogP contribution in [0.25, 0.3) is 22.2 Å². The fourth-order valence-corrected chi connectivity index (χ4v) is 2.99. The predicted octanol–water partition coefficient (Wildman–Crippen LogP) is 5.56. The van der Waals surface area contributed by atoms with Crippen LogP contribution in [0, 0.1) is 6.92 Å². The normalized spacial score (nSPS) is 11.7. The molecule has 5 heteroatoms. The molecular formula is C19H19BrN2O2. The van der Waals surface area contributed by atoms with Crippen molar-refractivity contribution >= 4 is 32.9 Å². The van der Waals surface area contributed by atoms with Crippen molar-refractivity contribution in [1.82, 2.24) is 9.55 Å². The van der Waals surface area contributed by atoms with Crippen LogP contribution >= 0.6 is 15.9 Å². The molecule has 0 fully saturated rings. The summed E-state index contributed by atoms with van der Waals surface area (Å²) in [5.74, 6) is 0. The molecular weight excluding hydrogens is 368 g/mol. The van der Waals surface area contributed by atoms with Crippen molar-refractivity contribution < 1.29 is 9.53 Å². The molecule has 0 amide bonds. The number of benzene rings is 1. The van der Waals surface area contributed by atoms with Crippen LogP contribution < -0.4 is 0 Å². The molecule has 3 aromatic rings. The number of carbonyl (C=O) groups is 1. The fraction of sp³-hybridized carbons (Fsp3) is 0.263. The third kappa shape index (κ3) is 3.36. The van der Waals surface area contributed by atoms with Gasteiger partial charge >= 0.3 is 6.09 Å². The smallest absolute Gasteiger partial charge is 0.419 e. The summed E-state index contributed by atoms with van der Waals surface area (Å²) >= 11 is 3.48. The van der Waals surface area contributed by atoms with Crippen LogP contribution in [-0.4, -0.2) is 21.2 Å². The molecule has 0 aliphatic carbocycles. The first-order valence-corrected chi connectivity index (χ1v) is 8.51. The van der Waals surface area contributed by atoms with Crippen molar-refractivity contribution in [2.75, 3.05) is 0 Å². The van der Waals surface area contributed by atoms with Crippen molar-refractivity contribution in [1.29, 1.82) is 0 Å². The van der Waals surface area contributed by atoms with E-state index < -0.39 is 5.60 Å². The van der Waals surface area contributed by atoms with Crippen LogP contribution in [0.15, 0.2) is 47.1 Å². The van der Waals surface area contributed by atoms with Gasteiger partial charge in [-0.2, -0.15) is 0 Å². The molecule has 0 aliphatic rings. The van der Waals surface area contributed by atoms with E-state index in [2.05, 4.69) is 20.9 Å². The van der Waals surface area contributed by atoms with Gasteiger partial charge in [-0.05, 0) is 64.1 Å². The minimum absolute atomic E-state index is 0.385. The number of halogens is 1. The molecule has 3 rings (SSSR count). The Morgan fingerprint density at radius 1 is 1.17 bits per heavy atom. The van der Waals surface area contributed by atoms with Gasteiger partial charge in [-0.25, -0.2) is 9.36 Å². The summed E-state index contributed by atoms with van der Waals surface area (Å²) in [7, 11) is 0. The quantitative estimate of drug-likeness (QED) is 0.549. The molecule has 1 aromatic carbocycles. The Bertz CT molecular complexity index is 923. The molecule has 24 heavy (non-hydrogen) atoms. The molecule has 0 aliphatic heterocycles. The zero-order valence-electron chi connectivity index (χ0n) is 14.1. The van der Waals surface area contributed by atoms with Gasteiger partial charge in [-0.3, -0.25) is 4.98 Å². The Hall–Kier alpha value is -2.14. The van der Waals surface area contributed by atoms with Crippen LogP contribution in [0.3, 0.4) is 0 Å². The average Bonchev–Trinajstić information content (AvgIpc) is 2.84. The summed E-state index contributed by atoms with van der Waals surface area (Å²) in [6.45, 7) is 7.52. The molecule has 0 unspecified atom stereocenters. The molecule has 0 saturated heterocycles. The van der Waals surface area contributed by atoms with Crippen molar-refractivity contribution in [2.24, 2.45) is 0 Å². The van der Waals surface area contributed by atoms with Gasteiger partial charge in [-0.15, -0.1) is 0 Å². The molecule has 0 N–H and O–H groups in total. The van der Waals surface area contributed by atoms with Crippen molar-refractivity contribution in [2.45, 2.75) is 33.3 Å². The minimum atomic E-state index is -0.561. The third-order valence-corrected chi connectivity index (χ3v) is 4.03. The highest BCUT2D eigenvalue weighted by Crippen LogP contribution is 2.31. The number of aryl methyl sites for hydroxylation is 1. The summed E-state index contributed by atoms with van der Waals surface area (Å²) in [5, 5.41) is 0.972. The molecule has 4 nitrogen and oxygen atoms in total. The molecule has 2 heterocycles. The molecule has 0 radical (unpaired) electrons. The first-order valence-electron chi connectivity index (χ1n) is 7.72. The van der Waals surface area contributed by atoms with Crippen LogP contribution in [0.4, 0.5) is 4.79 Å². The zero-order valence-corrected chi connectivity index (χ0v) is 15.7. The van der Waals surface area contributed by atoms with E-state index in [0.717, 1.165) is 32.3 Å². The van der Waals surface area contributed by atoms with Crippen LogP contribution in [0.5, 0.6) is 0 Å². The van der Waals surface area contributed by atoms with Gasteiger partial charge in [0.25, 0.3) is 0 Å². The second-order valence-electron chi connectivity index (χ2n) is 6.73. The maximum atomic E-state index is 12.8. The maximum Gasteiger partial charge on any atom is 0.419 e. The molecule has 0 saturated carbocycles. The van der Waals surface area contributed by atoms with E-state index in [1.165, 1.54) is 0 Å². The first kappa shape index (κ1) is 16.7. The van der Waals surface area contributed by atoms with Gasteiger partial charge in [0, 0.05) is 27.3 Å². The molecule has 2 aromatic heterocycles. The number of fused-ring (bicyclic) bond motifs is 1. The number of ether oxygens (including phenoxy) is 1. The first-order chi connectivity index (χ1) is 11.2. The predicted molar refractivity (Wildman–Crippen MR) is 99.2 cm³/mol. The maximum absolute atomic E-state index is 12.8. The van der Waals surface area contributed by atoms with Gasteiger partial charge in [0.2, 0.25) is 0 Å². The number of hydrogen-bond donors (Lipinski definition) is 0. The Labute approximate surface area is 149 Å². The average molecular weight is 387 g/mol. The Balaban J connectivity index is 2.24. The van der Waals surface area contributed by atoms with E-state index >= 15 is 0 Å². The number of pyridine rings is 1. The number of carbonyl (C=O) groups excluding carboxylic acids is 1. The van der Waals surface area contributed by atoms with Gasteiger partial charge in [0.05, 0.1) is 11.2 Å². The summed E-state index contributed by atoms with van der Waals surface area (Å²) in [6.07, 6.45) is 1.36.